The highest BCUT2D eigenvalue weighted by molar-refractivity contribution is 5.75. The molecular formula is C12H20N2O2. The van der Waals surface area contributed by atoms with Crippen LogP contribution in [0.15, 0.2) is 22.8 Å². The predicted octanol–water partition coefficient (Wildman–Crippen LogP) is 1.80. The first kappa shape index (κ1) is 12.8. The minimum absolute atomic E-state index is 0.141. The lowest BCUT2D eigenvalue weighted by Crippen LogP contribution is -2.28. The number of carbonyl (C=O) groups is 1. The summed E-state index contributed by atoms with van der Waals surface area (Å²) in [5.74, 6) is 1.07. The molecule has 1 rings (SSSR count). The second-order valence-electron chi connectivity index (χ2n) is 3.97. The molecule has 0 aliphatic heterocycles. The lowest BCUT2D eigenvalue weighted by Gasteiger charge is -2.15. The highest BCUT2D eigenvalue weighted by atomic mass is 16.3. The van der Waals surface area contributed by atoms with E-state index in [1.54, 1.807) is 25.3 Å². The van der Waals surface area contributed by atoms with Gasteiger partial charge in [-0.05, 0) is 18.6 Å². The molecule has 1 atom stereocenters. The Morgan fingerprint density at radius 2 is 2.31 bits per heavy atom. The quantitative estimate of drug-likeness (QED) is 0.801. The second kappa shape index (κ2) is 6.33. The molecule has 1 aromatic heterocycles. The van der Waals surface area contributed by atoms with E-state index in [0.29, 0.717) is 13.0 Å². The molecular weight excluding hydrogens is 204 g/mol. The van der Waals surface area contributed by atoms with Gasteiger partial charge in [0, 0.05) is 27.1 Å². The molecule has 0 radical (unpaired) electrons. The van der Waals surface area contributed by atoms with Crippen molar-refractivity contribution in [1.82, 2.24) is 10.2 Å². The number of nitrogens with zero attached hydrogens (tertiary/aromatic N) is 1. The summed E-state index contributed by atoms with van der Waals surface area (Å²) in [5.41, 5.74) is 0. The Labute approximate surface area is 96.6 Å². The molecule has 0 aliphatic rings. The van der Waals surface area contributed by atoms with Gasteiger partial charge in [0.05, 0.1) is 12.3 Å². The van der Waals surface area contributed by atoms with Gasteiger partial charge in [0.15, 0.2) is 0 Å². The number of rotatable bonds is 6. The first-order chi connectivity index (χ1) is 7.65. The fourth-order valence-corrected chi connectivity index (χ4v) is 1.51. The smallest absolute Gasteiger partial charge is 0.223 e. The largest absolute Gasteiger partial charge is 0.468 e. The number of furan rings is 1. The predicted molar refractivity (Wildman–Crippen MR) is 63.1 cm³/mol. The zero-order chi connectivity index (χ0) is 12.0. The summed E-state index contributed by atoms with van der Waals surface area (Å²) < 4.78 is 5.33. The lowest BCUT2D eigenvalue weighted by molar-refractivity contribution is -0.128. The molecule has 0 bridgehead atoms. The van der Waals surface area contributed by atoms with Crippen molar-refractivity contribution in [3.8, 4) is 0 Å². The summed E-state index contributed by atoms with van der Waals surface area (Å²) in [7, 11) is 3.54. The molecule has 1 amide bonds. The van der Waals surface area contributed by atoms with Crippen LogP contribution in [0.1, 0.15) is 31.6 Å². The van der Waals surface area contributed by atoms with Gasteiger partial charge in [0.2, 0.25) is 5.91 Å². The molecule has 4 heteroatoms. The second-order valence-corrected chi connectivity index (χ2v) is 3.97. The lowest BCUT2D eigenvalue weighted by atomic mass is 10.1. The molecule has 4 nitrogen and oxygen atoms in total. The summed E-state index contributed by atoms with van der Waals surface area (Å²) in [6.45, 7) is 2.77. The van der Waals surface area contributed by atoms with Crippen molar-refractivity contribution in [2.75, 3.05) is 20.6 Å². The Balaban J connectivity index is 2.33. The third-order valence-electron chi connectivity index (χ3n) is 2.52. The number of hydrogen-bond acceptors (Lipinski definition) is 3. The van der Waals surface area contributed by atoms with Crippen LogP contribution in [-0.4, -0.2) is 31.4 Å². The van der Waals surface area contributed by atoms with Crippen molar-refractivity contribution in [1.29, 1.82) is 0 Å². The van der Waals surface area contributed by atoms with E-state index in [4.69, 9.17) is 4.42 Å². The van der Waals surface area contributed by atoms with E-state index in [-0.39, 0.29) is 11.9 Å². The third-order valence-corrected chi connectivity index (χ3v) is 2.52. The first-order valence-electron chi connectivity index (χ1n) is 5.62. The van der Waals surface area contributed by atoms with Crippen LogP contribution < -0.4 is 5.32 Å². The number of hydrogen-bond donors (Lipinski definition) is 1. The topological polar surface area (TPSA) is 45.5 Å². The van der Waals surface area contributed by atoms with Gasteiger partial charge in [-0.25, -0.2) is 0 Å². The van der Waals surface area contributed by atoms with E-state index in [1.165, 1.54) is 0 Å². The molecule has 0 saturated heterocycles. The molecule has 1 aromatic rings. The molecule has 0 aromatic carbocycles. The Kier molecular flexibility index (Phi) is 5.05. The highest BCUT2D eigenvalue weighted by Crippen LogP contribution is 2.16. The van der Waals surface area contributed by atoms with Gasteiger partial charge in [-0.3, -0.25) is 4.79 Å². The van der Waals surface area contributed by atoms with Crippen LogP contribution in [0.4, 0.5) is 0 Å². The zero-order valence-corrected chi connectivity index (χ0v) is 10.2. The van der Waals surface area contributed by atoms with E-state index < -0.39 is 0 Å². The molecule has 0 saturated carbocycles. The van der Waals surface area contributed by atoms with Gasteiger partial charge >= 0.3 is 0 Å². The average molecular weight is 224 g/mol. The van der Waals surface area contributed by atoms with Crippen LogP contribution in [-0.2, 0) is 4.79 Å². The van der Waals surface area contributed by atoms with E-state index >= 15 is 0 Å². The van der Waals surface area contributed by atoms with E-state index in [0.717, 1.165) is 12.2 Å². The summed E-state index contributed by atoms with van der Waals surface area (Å²) in [4.78, 5) is 13.0. The van der Waals surface area contributed by atoms with Gasteiger partial charge < -0.3 is 14.6 Å². The van der Waals surface area contributed by atoms with Crippen LogP contribution >= 0.6 is 0 Å². The van der Waals surface area contributed by atoms with Crippen LogP contribution in [0.2, 0.25) is 0 Å². The molecule has 90 valence electrons. The fourth-order valence-electron chi connectivity index (χ4n) is 1.51. The monoisotopic (exact) mass is 224 g/mol. The maximum absolute atomic E-state index is 11.4. The summed E-state index contributed by atoms with van der Waals surface area (Å²) in [5, 5.41) is 3.32. The Morgan fingerprint density at radius 3 is 2.81 bits per heavy atom. The molecule has 1 unspecified atom stereocenters. The van der Waals surface area contributed by atoms with Gasteiger partial charge in [-0.15, -0.1) is 0 Å². The molecule has 0 aliphatic carbocycles. The van der Waals surface area contributed by atoms with E-state index in [9.17, 15) is 4.79 Å². The van der Waals surface area contributed by atoms with Gasteiger partial charge in [-0.2, -0.15) is 0 Å². The summed E-state index contributed by atoms with van der Waals surface area (Å²) in [6.07, 6.45) is 3.14. The Morgan fingerprint density at radius 1 is 1.56 bits per heavy atom. The zero-order valence-electron chi connectivity index (χ0n) is 10.2. The van der Waals surface area contributed by atoms with E-state index in [1.807, 2.05) is 12.1 Å². The molecule has 1 heterocycles. The maximum Gasteiger partial charge on any atom is 0.223 e. The van der Waals surface area contributed by atoms with Crippen LogP contribution in [0.25, 0.3) is 0 Å². The van der Waals surface area contributed by atoms with Crippen molar-refractivity contribution in [2.45, 2.75) is 25.8 Å². The van der Waals surface area contributed by atoms with Crippen molar-refractivity contribution in [2.24, 2.45) is 0 Å². The Hall–Kier alpha value is -1.29. The van der Waals surface area contributed by atoms with Crippen LogP contribution in [0, 0.1) is 0 Å². The number of carbonyl (C=O) groups excluding carboxylic acids is 1. The van der Waals surface area contributed by atoms with E-state index in [2.05, 4.69) is 12.2 Å². The van der Waals surface area contributed by atoms with Crippen molar-refractivity contribution in [3.05, 3.63) is 24.2 Å². The summed E-state index contributed by atoms with van der Waals surface area (Å²) >= 11 is 0. The van der Waals surface area contributed by atoms with Gasteiger partial charge in [0.25, 0.3) is 0 Å². The fraction of sp³-hybridized carbons (Fsp3) is 0.583. The molecule has 16 heavy (non-hydrogen) atoms. The minimum atomic E-state index is 0.141. The SMILES string of the molecule is CCC(NCCC(=O)N(C)C)c1ccco1. The van der Waals surface area contributed by atoms with Crippen LogP contribution in [0.3, 0.4) is 0 Å². The summed E-state index contributed by atoms with van der Waals surface area (Å²) in [6, 6.07) is 4.03. The number of nitrogens with one attached hydrogen (secondary N) is 1. The molecule has 0 fully saturated rings. The maximum atomic E-state index is 11.4. The van der Waals surface area contributed by atoms with Gasteiger partial charge in [0.1, 0.15) is 5.76 Å². The average Bonchev–Trinajstić information content (AvgIpc) is 2.77. The first-order valence-corrected chi connectivity index (χ1v) is 5.62. The minimum Gasteiger partial charge on any atom is -0.468 e. The van der Waals surface area contributed by atoms with Gasteiger partial charge in [-0.1, -0.05) is 6.92 Å². The van der Waals surface area contributed by atoms with Crippen molar-refractivity contribution in [3.63, 3.8) is 0 Å². The number of amides is 1. The van der Waals surface area contributed by atoms with Crippen LogP contribution in [0.5, 0.6) is 0 Å². The molecule has 1 N–H and O–H groups in total. The third kappa shape index (κ3) is 3.70. The highest BCUT2D eigenvalue weighted by Gasteiger charge is 2.12. The standard InChI is InChI=1S/C12H20N2O2/c1-4-10(11-6-5-9-16-11)13-8-7-12(15)14(2)3/h5-6,9-10,13H,4,7-8H2,1-3H3. The van der Waals surface area contributed by atoms with Crippen molar-refractivity contribution >= 4 is 5.91 Å². The normalized spacial score (nSPS) is 12.4. The Bertz CT molecular complexity index is 307. The molecule has 0 spiro atoms. The van der Waals surface area contributed by atoms with Crippen molar-refractivity contribution < 1.29 is 9.21 Å².